The van der Waals surface area contributed by atoms with Crippen molar-refractivity contribution in [2.24, 2.45) is 0 Å². The minimum absolute atomic E-state index is 0.0997. The predicted octanol–water partition coefficient (Wildman–Crippen LogP) is 22.4. The van der Waals surface area contributed by atoms with Crippen LogP contribution in [0.5, 0.6) is 0 Å². The fourth-order valence-corrected chi connectivity index (χ4v) is 12.5. The quantitative estimate of drug-likeness (QED) is 0.0469. The molecule has 4 atom stereocenters. The van der Waals surface area contributed by atoms with Crippen molar-refractivity contribution in [2.45, 2.75) is 361 Å². The lowest BCUT2D eigenvalue weighted by molar-refractivity contribution is -0.0560. The first-order valence-electron chi connectivity index (χ1n) is 36.9. The average Bonchev–Trinajstić information content (AvgIpc) is 3.67. The van der Waals surface area contributed by atoms with E-state index < -0.39 is 47.2 Å². The smallest absolute Gasteiger partial charge is 0.379 e. The maximum absolute atomic E-state index is 13.5. The van der Waals surface area contributed by atoms with Crippen LogP contribution in [0.15, 0.2) is 30.3 Å². The van der Waals surface area contributed by atoms with Gasteiger partial charge in [0, 0.05) is 26.4 Å². The summed E-state index contributed by atoms with van der Waals surface area (Å²) in [7, 11) is -9.31. The number of hydrogen-bond acceptors (Lipinski definition) is 11. The van der Waals surface area contributed by atoms with E-state index in [2.05, 4.69) is 27.7 Å². The Hall–Kier alpha value is -0.760. The normalized spacial score (nSPS) is 14.4. The summed E-state index contributed by atoms with van der Waals surface area (Å²) in [5.74, 6) is 0. The summed E-state index contributed by atoms with van der Waals surface area (Å²) in [5, 5.41) is 0. The highest BCUT2D eigenvalue weighted by Gasteiger charge is 2.30. The lowest BCUT2D eigenvalue weighted by atomic mass is 10.1. The van der Waals surface area contributed by atoms with E-state index in [1.54, 1.807) is 0 Å². The average molecular weight is 1280 g/mol. The van der Waals surface area contributed by atoms with Crippen molar-refractivity contribution in [3.05, 3.63) is 35.9 Å². The van der Waals surface area contributed by atoms with Gasteiger partial charge in [0.15, 0.2) is 0 Å². The number of unbranched alkanes of at least 4 members (excludes halogenated alkanes) is 44. The van der Waals surface area contributed by atoms with E-state index >= 15 is 0 Å². The monoisotopic (exact) mass is 1270 g/mol. The van der Waals surface area contributed by atoms with Crippen molar-refractivity contribution >= 4 is 15.6 Å². The van der Waals surface area contributed by atoms with Crippen molar-refractivity contribution in [2.75, 3.05) is 66.1 Å². The summed E-state index contributed by atoms with van der Waals surface area (Å²) in [6, 6.07) is 9.42. The number of phosphoric acid groups is 2. The second-order valence-corrected chi connectivity index (χ2v) is 28.1. The maximum Gasteiger partial charge on any atom is 0.472 e. The summed E-state index contributed by atoms with van der Waals surface area (Å²) in [6.45, 7) is 10.4. The summed E-state index contributed by atoms with van der Waals surface area (Å²) >= 11 is 0. The van der Waals surface area contributed by atoms with Gasteiger partial charge in [0.05, 0.1) is 46.2 Å². The minimum Gasteiger partial charge on any atom is -0.379 e. The number of hydrogen-bond donors (Lipinski definition) is 2. The van der Waals surface area contributed by atoms with Crippen molar-refractivity contribution in [1.82, 2.24) is 0 Å². The Morgan fingerprint density at radius 2 is 0.506 bits per heavy atom. The predicted molar refractivity (Wildman–Crippen MR) is 364 cm³/mol. The molecule has 0 saturated heterocycles. The van der Waals surface area contributed by atoms with Crippen LogP contribution < -0.4 is 0 Å². The SMILES string of the molecule is CCCCCCCCCCCCCCOC[C@H](COP(=O)(O)OCC(COP(=O)(O)OC[C@@H](COCCCCCCCCCCCCCC)OCCCCCCCCCCCCCC)OCc1ccccc1)OCCCCCCCCCCCCCC. The fraction of sp³-hybridized carbons (Fsp3) is 0.917. The molecule has 2 N–H and O–H groups in total. The van der Waals surface area contributed by atoms with Gasteiger partial charge in [-0.15, -0.1) is 0 Å². The van der Waals surface area contributed by atoms with Gasteiger partial charge in [-0.3, -0.25) is 18.1 Å². The minimum atomic E-state index is -4.66. The fourth-order valence-electron chi connectivity index (χ4n) is 10.9. The van der Waals surface area contributed by atoms with Gasteiger partial charge < -0.3 is 33.5 Å². The van der Waals surface area contributed by atoms with E-state index in [1.165, 1.54) is 244 Å². The molecular weight excluding hydrogens is 1130 g/mol. The summed E-state index contributed by atoms with van der Waals surface area (Å²) in [5.41, 5.74) is 0.836. The third-order valence-electron chi connectivity index (χ3n) is 16.6. The molecule has 0 aliphatic carbocycles. The van der Waals surface area contributed by atoms with Crippen molar-refractivity contribution < 1.29 is 60.7 Å². The van der Waals surface area contributed by atoms with E-state index in [0.29, 0.717) is 26.4 Å². The Morgan fingerprint density at radius 1 is 0.287 bits per heavy atom. The van der Waals surface area contributed by atoms with Gasteiger partial charge in [-0.1, -0.05) is 341 Å². The third-order valence-corrected chi connectivity index (χ3v) is 18.5. The molecule has 0 saturated carbocycles. The van der Waals surface area contributed by atoms with Gasteiger partial charge in [0.25, 0.3) is 0 Å². The highest BCUT2D eigenvalue weighted by Crippen LogP contribution is 2.46. The van der Waals surface area contributed by atoms with Crippen LogP contribution in [-0.4, -0.2) is 94.2 Å². The van der Waals surface area contributed by atoms with Gasteiger partial charge in [-0.05, 0) is 31.2 Å². The third kappa shape index (κ3) is 61.2. The van der Waals surface area contributed by atoms with Gasteiger partial charge in [0.2, 0.25) is 0 Å². The van der Waals surface area contributed by atoms with Gasteiger partial charge in [0.1, 0.15) is 18.3 Å². The van der Waals surface area contributed by atoms with Crippen LogP contribution in [0.2, 0.25) is 0 Å². The van der Waals surface area contributed by atoms with Crippen LogP contribution in [-0.2, 0) is 57.5 Å². The number of phosphoric ester groups is 2. The lowest BCUT2D eigenvalue weighted by Crippen LogP contribution is -2.28. The molecule has 0 heterocycles. The highest BCUT2D eigenvalue weighted by atomic mass is 31.2. The largest absolute Gasteiger partial charge is 0.472 e. The molecule has 13 nitrogen and oxygen atoms in total. The van der Waals surface area contributed by atoms with Crippen LogP contribution in [0.4, 0.5) is 0 Å². The molecule has 87 heavy (non-hydrogen) atoms. The zero-order valence-corrected chi connectivity index (χ0v) is 58.9. The Kier molecular flexibility index (Phi) is 63.2. The highest BCUT2D eigenvalue weighted by molar-refractivity contribution is 7.47. The van der Waals surface area contributed by atoms with Crippen LogP contribution in [0.1, 0.15) is 341 Å². The summed E-state index contributed by atoms with van der Waals surface area (Å²) < 4.78 is 79.8. The van der Waals surface area contributed by atoms with Gasteiger partial charge >= 0.3 is 15.6 Å². The van der Waals surface area contributed by atoms with Crippen molar-refractivity contribution in [1.29, 1.82) is 0 Å². The molecule has 0 amide bonds. The van der Waals surface area contributed by atoms with E-state index in [0.717, 1.165) is 69.8 Å². The summed E-state index contributed by atoms with van der Waals surface area (Å²) in [6.07, 6.45) is 58.0. The first-order chi connectivity index (χ1) is 42.6. The zero-order chi connectivity index (χ0) is 62.9. The molecule has 15 heteroatoms. The molecule has 1 aromatic rings. The Bertz CT molecular complexity index is 1520. The number of benzene rings is 1. The first kappa shape index (κ1) is 84.3. The number of ether oxygens (including phenoxy) is 5. The van der Waals surface area contributed by atoms with E-state index in [9.17, 15) is 18.9 Å². The number of rotatable bonds is 73. The lowest BCUT2D eigenvalue weighted by Gasteiger charge is -2.23. The molecule has 0 fully saturated rings. The van der Waals surface area contributed by atoms with E-state index in [-0.39, 0.29) is 33.0 Å². The Balaban J connectivity index is 2.81. The standard InChI is InChI=1S/C72H140O13P2/c1-5-9-13-17-21-25-29-33-37-41-45-52-58-77-63-70(79-60-54-47-43-39-35-31-27-23-19-15-11-7-3)65-82-86(73,74)84-67-72(81-62-69-56-50-49-51-57-69)68-85-87(75,76)83-66-71(80-61-55-48-44-40-36-32-28-24-20-16-12-8-4)64-78-59-53-46-42-38-34-30-26-22-18-14-10-6-2/h49-51,56-57,70-72H,5-48,52-55,58-68H2,1-4H3,(H,73,74)(H,75,76)/t70-,71-/m1/s1. The molecule has 0 aliphatic rings. The molecule has 0 aliphatic heterocycles. The zero-order valence-electron chi connectivity index (χ0n) is 57.1. The molecule has 2 unspecified atom stereocenters. The van der Waals surface area contributed by atoms with Crippen LogP contribution in [0.25, 0.3) is 0 Å². The van der Waals surface area contributed by atoms with Crippen LogP contribution in [0.3, 0.4) is 0 Å². The van der Waals surface area contributed by atoms with Gasteiger partial charge in [-0.2, -0.15) is 0 Å². The van der Waals surface area contributed by atoms with Crippen molar-refractivity contribution in [3.63, 3.8) is 0 Å². The molecule has 0 bridgehead atoms. The maximum atomic E-state index is 13.5. The molecular formula is C72H140O13P2. The summed E-state index contributed by atoms with van der Waals surface area (Å²) in [4.78, 5) is 22.0. The first-order valence-corrected chi connectivity index (χ1v) is 39.9. The second-order valence-electron chi connectivity index (χ2n) is 25.2. The molecule has 516 valence electrons. The Labute approximate surface area is 536 Å². The molecule has 0 aromatic heterocycles. The van der Waals surface area contributed by atoms with Crippen LogP contribution >= 0.6 is 15.6 Å². The van der Waals surface area contributed by atoms with Crippen LogP contribution in [0, 0.1) is 0 Å². The van der Waals surface area contributed by atoms with Crippen molar-refractivity contribution in [3.8, 4) is 0 Å². The molecule has 0 radical (unpaired) electrons. The van der Waals surface area contributed by atoms with Gasteiger partial charge in [-0.25, -0.2) is 9.13 Å². The second kappa shape index (κ2) is 65.3. The Morgan fingerprint density at radius 3 is 0.759 bits per heavy atom. The molecule has 1 aromatic carbocycles. The van der Waals surface area contributed by atoms with E-state index in [1.807, 2.05) is 30.3 Å². The topological polar surface area (TPSA) is 158 Å². The van der Waals surface area contributed by atoms with E-state index in [4.69, 9.17) is 41.8 Å². The molecule has 0 spiro atoms. The molecule has 1 rings (SSSR count).